The molecule has 1 aromatic carbocycles. The highest BCUT2D eigenvalue weighted by molar-refractivity contribution is 9.10. The molecule has 0 amide bonds. The molecule has 16 heavy (non-hydrogen) atoms. The highest BCUT2D eigenvalue weighted by Crippen LogP contribution is 2.45. The molecule has 2 rings (SSSR count). The highest BCUT2D eigenvalue weighted by atomic mass is 79.9. The summed E-state index contributed by atoms with van der Waals surface area (Å²) in [5.74, 6) is 1.01. The first-order valence-corrected chi connectivity index (χ1v) is 5.37. The van der Waals surface area contributed by atoms with E-state index in [9.17, 15) is 9.90 Å². The molecule has 1 aliphatic rings. The maximum atomic E-state index is 10.0. The summed E-state index contributed by atoms with van der Waals surface area (Å²) < 4.78 is 11.1. The topological polar surface area (TPSA) is 68.1 Å². The summed E-state index contributed by atoms with van der Waals surface area (Å²) in [6.07, 6.45) is 1.42. The molecule has 0 aliphatic carbocycles. The molecule has 0 aromatic heterocycles. The van der Waals surface area contributed by atoms with Crippen LogP contribution in [0.3, 0.4) is 0 Å². The molecule has 0 radical (unpaired) electrons. The van der Waals surface area contributed by atoms with Crippen LogP contribution >= 0.6 is 15.9 Å². The SMILES string of the molecule is O=C=NCc1cc2c(c(Br)c1O)OCCO2. The number of nitrogens with zero attached hydrogens (tertiary/aromatic N) is 1. The molecule has 1 N–H and O–H groups in total. The van der Waals surface area contributed by atoms with Crippen molar-refractivity contribution in [1.82, 2.24) is 0 Å². The maximum Gasteiger partial charge on any atom is 0.235 e. The van der Waals surface area contributed by atoms with Gasteiger partial charge in [-0.05, 0) is 22.0 Å². The van der Waals surface area contributed by atoms with Crippen molar-refractivity contribution in [2.24, 2.45) is 4.99 Å². The van der Waals surface area contributed by atoms with Crippen LogP contribution in [0.5, 0.6) is 17.2 Å². The lowest BCUT2D eigenvalue weighted by Crippen LogP contribution is -2.16. The van der Waals surface area contributed by atoms with Gasteiger partial charge in [-0.15, -0.1) is 0 Å². The Morgan fingerprint density at radius 2 is 2.25 bits per heavy atom. The Labute approximate surface area is 99.8 Å². The quantitative estimate of drug-likeness (QED) is 0.664. The van der Waals surface area contributed by atoms with Crippen molar-refractivity contribution in [3.8, 4) is 17.2 Å². The Morgan fingerprint density at radius 1 is 1.50 bits per heavy atom. The molecule has 0 fully saturated rings. The van der Waals surface area contributed by atoms with E-state index in [2.05, 4.69) is 20.9 Å². The Hall–Kier alpha value is -1.52. The van der Waals surface area contributed by atoms with E-state index in [1.165, 1.54) is 6.08 Å². The Kier molecular flexibility index (Phi) is 3.12. The zero-order chi connectivity index (χ0) is 11.5. The van der Waals surface area contributed by atoms with Crippen molar-refractivity contribution in [1.29, 1.82) is 0 Å². The van der Waals surface area contributed by atoms with E-state index in [1.807, 2.05) is 0 Å². The lowest BCUT2D eigenvalue weighted by molar-refractivity contribution is 0.169. The molecule has 0 atom stereocenters. The molecular weight excluding hydrogens is 278 g/mol. The van der Waals surface area contributed by atoms with E-state index in [1.54, 1.807) is 6.07 Å². The van der Waals surface area contributed by atoms with Gasteiger partial charge >= 0.3 is 0 Å². The minimum atomic E-state index is 0.00301. The van der Waals surface area contributed by atoms with Gasteiger partial charge in [-0.25, -0.2) is 9.79 Å². The molecule has 0 saturated heterocycles. The van der Waals surface area contributed by atoms with Crippen LogP contribution in [0.2, 0.25) is 0 Å². The smallest absolute Gasteiger partial charge is 0.235 e. The van der Waals surface area contributed by atoms with Crippen LogP contribution in [0, 0.1) is 0 Å². The molecule has 1 heterocycles. The molecule has 6 heteroatoms. The first kappa shape index (κ1) is 11.0. The molecule has 1 aliphatic heterocycles. The first-order valence-electron chi connectivity index (χ1n) is 4.57. The fourth-order valence-corrected chi connectivity index (χ4v) is 1.99. The number of hydrogen-bond acceptors (Lipinski definition) is 5. The fourth-order valence-electron chi connectivity index (χ4n) is 1.42. The van der Waals surface area contributed by atoms with Crippen molar-refractivity contribution >= 4 is 22.0 Å². The van der Waals surface area contributed by atoms with Gasteiger partial charge in [0.1, 0.15) is 23.4 Å². The fraction of sp³-hybridized carbons (Fsp3) is 0.300. The summed E-state index contributed by atoms with van der Waals surface area (Å²) in [4.78, 5) is 13.4. The van der Waals surface area contributed by atoms with Crippen LogP contribution in [0.25, 0.3) is 0 Å². The number of rotatable bonds is 2. The third-order valence-corrected chi connectivity index (χ3v) is 2.88. The second-order valence-electron chi connectivity index (χ2n) is 3.13. The summed E-state index contributed by atoms with van der Waals surface area (Å²) in [6.45, 7) is 0.960. The van der Waals surface area contributed by atoms with Crippen LogP contribution in [0.1, 0.15) is 5.56 Å². The van der Waals surface area contributed by atoms with Crippen molar-refractivity contribution in [2.75, 3.05) is 13.2 Å². The zero-order valence-corrected chi connectivity index (χ0v) is 9.78. The van der Waals surface area contributed by atoms with Gasteiger partial charge in [0.15, 0.2) is 11.5 Å². The average molecular weight is 286 g/mol. The second-order valence-corrected chi connectivity index (χ2v) is 3.92. The monoisotopic (exact) mass is 285 g/mol. The first-order chi connectivity index (χ1) is 7.74. The summed E-state index contributed by atoms with van der Waals surface area (Å²) in [6, 6.07) is 1.61. The molecule has 0 spiro atoms. The molecule has 0 unspecified atom stereocenters. The number of ether oxygens (including phenoxy) is 2. The van der Waals surface area contributed by atoms with Gasteiger partial charge in [0.25, 0.3) is 0 Å². The van der Waals surface area contributed by atoms with Gasteiger partial charge in [-0.3, -0.25) is 0 Å². The Balaban J connectivity index is 2.47. The van der Waals surface area contributed by atoms with Crippen LogP contribution < -0.4 is 9.47 Å². The molecule has 84 valence electrons. The number of aromatic hydroxyl groups is 1. The van der Waals surface area contributed by atoms with Crippen molar-refractivity contribution in [2.45, 2.75) is 6.54 Å². The molecular formula is C10H8BrNO4. The number of fused-ring (bicyclic) bond motifs is 1. The number of carbonyl (C=O) groups excluding carboxylic acids is 1. The van der Waals surface area contributed by atoms with Gasteiger partial charge in [0, 0.05) is 5.56 Å². The standard InChI is InChI=1S/C10H8BrNO4/c11-8-9(14)6(4-12-5-13)3-7-10(8)16-2-1-15-7/h3,14H,1-2,4H2. The predicted molar refractivity (Wildman–Crippen MR) is 58.6 cm³/mol. The Morgan fingerprint density at radius 3 is 3.00 bits per heavy atom. The summed E-state index contributed by atoms with van der Waals surface area (Å²) in [5.41, 5.74) is 0.486. The van der Waals surface area contributed by atoms with Crippen LogP contribution in [-0.4, -0.2) is 24.4 Å². The third-order valence-electron chi connectivity index (χ3n) is 2.14. The largest absolute Gasteiger partial charge is 0.506 e. The normalized spacial score (nSPS) is 13.1. The van der Waals surface area contributed by atoms with Crippen molar-refractivity contribution in [3.05, 3.63) is 16.1 Å². The summed E-state index contributed by atoms with van der Waals surface area (Å²) >= 11 is 3.21. The van der Waals surface area contributed by atoms with Gasteiger partial charge in [-0.2, -0.15) is 0 Å². The van der Waals surface area contributed by atoms with E-state index < -0.39 is 0 Å². The number of benzene rings is 1. The van der Waals surface area contributed by atoms with Gasteiger partial charge in [0.05, 0.1) is 6.54 Å². The van der Waals surface area contributed by atoms with Crippen LogP contribution in [-0.2, 0) is 11.3 Å². The third kappa shape index (κ3) is 1.89. The van der Waals surface area contributed by atoms with E-state index in [0.29, 0.717) is 34.7 Å². The van der Waals surface area contributed by atoms with Crippen molar-refractivity contribution < 1.29 is 19.4 Å². The Bertz CT molecular complexity index is 468. The van der Waals surface area contributed by atoms with E-state index >= 15 is 0 Å². The number of halogens is 1. The summed E-state index contributed by atoms with van der Waals surface area (Å²) in [7, 11) is 0. The van der Waals surface area contributed by atoms with Crippen LogP contribution in [0.15, 0.2) is 15.5 Å². The van der Waals surface area contributed by atoms with Gasteiger partial charge in [0.2, 0.25) is 6.08 Å². The molecule has 5 nitrogen and oxygen atoms in total. The average Bonchev–Trinajstić information content (AvgIpc) is 2.32. The number of phenols is 1. The zero-order valence-electron chi connectivity index (χ0n) is 8.20. The number of isocyanates is 1. The predicted octanol–water partition coefficient (Wildman–Crippen LogP) is 1.76. The molecule has 0 saturated carbocycles. The van der Waals surface area contributed by atoms with E-state index in [-0.39, 0.29) is 12.3 Å². The summed E-state index contributed by atoms with van der Waals surface area (Å²) in [5, 5.41) is 9.81. The van der Waals surface area contributed by atoms with Crippen LogP contribution in [0.4, 0.5) is 0 Å². The minimum absolute atomic E-state index is 0.00301. The van der Waals surface area contributed by atoms with Gasteiger partial charge < -0.3 is 14.6 Å². The van der Waals surface area contributed by atoms with Gasteiger partial charge in [-0.1, -0.05) is 0 Å². The van der Waals surface area contributed by atoms with E-state index in [4.69, 9.17) is 9.47 Å². The lowest BCUT2D eigenvalue weighted by Gasteiger charge is -2.21. The number of phenolic OH excluding ortho intramolecular Hbond substituents is 1. The number of aliphatic imine (C=N–C) groups is 1. The number of hydrogen-bond donors (Lipinski definition) is 1. The lowest BCUT2D eigenvalue weighted by atomic mass is 10.1. The van der Waals surface area contributed by atoms with E-state index in [0.717, 1.165) is 0 Å². The molecule has 1 aromatic rings. The maximum absolute atomic E-state index is 10.0. The minimum Gasteiger partial charge on any atom is -0.506 e. The highest BCUT2D eigenvalue weighted by Gasteiger charge is 2.20. The molecule has 0 bridgehead atoms. The second kappa shape index (κ2) is 4.55. The van der Waals surface area contributed by atoms with Crippen molar-refractivity contribution in [3.63, 3.8) is 0 Å².